The highest BCUT2D eigenvalue weighted by atomic mass is 16.2. The smallest absolute Gasteiger partial charge is 0.222 e. The number of amides is 1. The van der Waals surface area contributed by atoms with Crippen molar-refractivity contribution in [3.63, 3.8) is 0 Å². The molecule has 136 valence electrons. The highest BCUT2D eigenvalue weighted by molar-refractivity contribution is 5.77. The van der Waals surface area contributed by atoms with Crippen LogP contribution in [0.3, 0.4) is 0 Å². The fraction of sp³-hybridized carbons (Fsp3) is 0.737. The van der Waals surface area contributed by atoms with Crippen LogP contribution in [0.4, 0.5) is 5.95 Å². The number of nitrogens with zero attached hydrogens (tertiary/aromatic N) is 4. The number of anilines is 1. The van der Waals surface area contributed by atoms with Gasteiger partial charge in [-0.2, -0.15) is 0 Å². The Hall–Kier alpha value is -1.69. The third-order valence-corrected chi connectivity index (χ3v) is 5.90. The minimum absolute atomic E-state index is 0.392. The molecule has 6 nitrogen and oxygen atoms in total. The van der Waals surface area contributed by atoms with Crippen molar-refractivity contribution in [2.24, 2.45) is 11.8 Å². The molecule has 2 bridgehead atoms. The van der Waals surface area contributed by atoms with Crippen LogP contribution in [0.5, 0.6) is 0 Å². The number of carbonyl (C=O) groups excluding carboxylic acids is 1. The fourth-order valence-electron chi connectivity index (χ4n) is 4.86. The van der Waals surface area contributed by atoms with E-state index in [1.54, 1.807) is 0 Å². The summed E-state index contributed by atoms with van der Waals surface area (Å²) in [4.78, 5) is 25.8. The Morgan fingerprint density at radius 2 is 2.08 bits per heavy atom. The standard InChI is InChI=1S/C19H29N5O/c1-2-6-20-19-21-8-15(9-22-19)11-23-10-14-7-16(13-23)17-4-3-5-18(25)24(17)12-14/h8-9,14,16-17H,2-7,10-13H2,1H3,(H,20,21,22)/t14-,16-,17+/m1/s1. The molecule has 6 heteroatoms. The van der Waals surface area contributed by atoms with Crippen molar-refractivity contribution >= 4 is 11.9 Å². The van der Waals surface area contributed by atoms with Gasteiger partial charge in [0.25, 0.3) is 0 Å². The number of piperidine rings is 3. The van der Waals surface area contributed by atoms with E-state index in [-0.39, 0.29) is 0 Å². The monoisotopic (exact) mass is 343 g/mol. The first-order valence-electron chi connectivity index (χ1n) is 9.79. The van der Waals surface area contributed by atoms with E-state index in [0.29, 0.717) is 23.8 Å². The predicted octanol–water partition coefficient (Wildman–Crippen LogP) is 2.13. The minimum atomic E-state index is 0.392. The van der Waals surface area contributed by atoms with Gasteiger partial charge in [0, 0.05) is 63.1 Å². The van der Waals surface area contributed by atoms with Gasteiger partial charge in [-0.05, 0) is 37.5 Å². The lowest BCUT2D eigenvalue weighted by molar-refractivity contribution is -0.145. The van der Waals surface area contributed by atoms with Gasteiger partial charge in [0.15, 0.2) is 0 Å². The van der Waals surface area contributed by atoms with E-state index in [2.05, 4.69) is 32.0 Å². The molecule has 0 radical (unpaired) electrons. The second kappa shape index (κ2) is 7.28. The summed E-state index contributed by atoms with van der Waals surface area (Å²) in [7, 11) is 0. The van der Waals surface area contributed by atoms with Crippen LogP contribution in [0.2, 0.25) is 0 Å². The summed E-state index contributed by atoms with van der Waals surface area (Å²) in [5.74, 6) is 2.38. The molecule has 0 unspecified atom stereocenters. The van der Waals surface area contributed by atoms with Crippen LogP contribution in [-0.2, 0) is 11.3 Å². The lowest BCUT2D eigenvalue weighted by Crippen LogP contribution is -2.60. The van der Waals surface area contributed by atoms with E-state index in [1.807, 2.05) is 12.4 Å². The van der Waals surface area contributed by atoms with Gasteiger partial charge < -0.3 is 10.2 Å². The van der Waals surface area contributed by atoms with Crippen molar-refractivity contribution < 1.29 is 4.79 Å². The zero-order valence-corrected chi connectivity index (χ0v) is 15.2. The number of fused-ring (bicyclic) bond motifs is 4. The second-order valence-electron chi connectivity index (χ2n) is 7.90. The maximum Gasteiger partial charge on any atom is 0.222 e. The Morgan fingerprint density at radius 3 is 2.88 bits per heavy atom. The number of hydrogen-bond acceptors (Lipinski definition) is 5. The molecule has 3 saturated heterocycles. The third-order valence-electron chi connectivity index (χ3n) is 5.90. The Labute approximate surface area is 150 Å². The summed E-state index contributed by atoms with van der Waals surface area (Å²) in [6.07, 6.45) is 9.29. The topological polar surface area (TPSA) is 61.4 Å². The molecule has 1 amide bonds. The lowest BCUT2D eigenvalue weighted by atomic mass is 9.76. The first-order valence-corrected chi connectivity index (χ1v) is 9.79. The molecule has 1 N–H and O–H groups in total. The predicted molar refractivity (Wildman–Crippen MR) is 97.0 cm³/mol. The molecule has 0 aromatic carbocycles. The molecule has 3 aliphatic rings. The van der Waals surface area contributed by atoms with E-state index < -0.39 is 0 Å². The largest absolute Gasteiger partial charge is 0.354 e. The summed E-state index contributed by atoms with van der Waals surface area (Å²) in [5.41, 5.74) is 1.18. The van der Waals surface area contributed by atoms with Crippen LogP contribution in [0.15, 0.2) is 12.4 Å². The highest BCUT2D eigenvalue weighted by Gasteiger charge is 2.43. The maximum atomic E-state index is 12.2. The molecule has 3 fully saturated rings. The summed E-state index contributed by atoms with van der Waals surface area (Å²) in [5, 5.41) is 3.22. The number of rotatable bonds is 5. The fourth-order valence-corrected chi connectivity index (χ4v) is 4.86. The average molecular weight is 343 g/mol. The molecular formula is C19H29N5O. The van der Waals surface area contributed by atoms with Crippen LogP contribution in [0.25, 0.3) is 0 Å². The van der Waals surface area contributed by atoms with Crippen LogP contribution in [0.1, 0.15) is 44.6 Å². The van der Waals surface area contributed by atoms with Gasteiger partial charge >= 0.3 is 0 Å². The molecule has 0 aliphatic carbocycles. The van der Waals surface area contributed by atoms with Gasteiger partial charge in [0.1, 0.15) is 0 Å². The van der Waals surface area contributed by atoms with Crippen molar-refractivity contribution in [3.05, 3.63) is 18.0 Å². The van der Waals surface area contributed by atoms with Crippen molar-refractivity contribution in [2.45, 2.75) is 51.6 Å². The first kappa shape index (κ1) is 16.8. The average Bonchev–Trinajstić information content (AvgIpc) is 2.62. The number of carbonyl (C=O) groups is 1. The SMILES string of the molecule is CCCNc1ncc(CN2C[C@H]3C[C@H](C2)[C@@H]2CCCC(=O)N2C3)cn1. The Bertz CT molecular complexity index is 604. The zero-order chi connectivity index (χ0) is 17.2. The third kappa shape index (κ3) is 3.64. The van der Waals surface area contributed by atoms with Gasteiger partial charge in [0.2, 0.25) is 11.9 Å². The number of hydrogen-bond donors (Lipinski definition) is 1. The van der Waals surface area contributed by atoms with Gasteiger partial charge in [-0.15, -0.1) is 0 Å². The Kier molecular flexibility index (Phi) is 4.88. The molecule has 1 aromatic rings. The van der Waals surface area contributed by atoms with E-state index in [0.717, 1.165) is 57.9 Å². The first-order chi connectivity index (χ1) is 12.2. The summed E-state index contributed by atoms with van der Waals surface area (Å²) < 4.78 is 0. The van der Waals surface area contributed by atoms with E-state index in [1.165, 1.54) is 18.4 Å². The summed E-state index contributed by atoms with van der Waals surface area (Å²) in [6.45, 7) is 7.11. The van der Waals surface area contributed by atoms with Crippen LogP contribution in [-0.4, -0.2) is 57.9 Å². The van der Waals surface area contributed by atoms with Crippen molar-refractivity contribution in [3.8, 4) is 0 Å². The molecule has 0 spiro atoms. The molecule has 0 saturated carbocycles. The number of aromatic nitrogens is 2. The minimum Gasteiger partial charge on any atom is -0.354 e. The highest BCUT2D eigenvalue weighted by Crippen LogP contribution is 2.38. The summed E-state index contributed by atoms with van der Waals surface area (Å²) >= 11 is 0. The molecule has 3 aliphatic heterocycles. The number of nitrogens with one attached hydrogen (secondary N) is 1. The Morgan fingerprint density at radius 1 is 1.24 bits per heavy atom. The lowest BCUT2D eigenvalue weighted by Gasteiger charge is -2.52. The quantitative estimate of drug-likeness (QED) is 0.887. The van der Waals surface area contributed by atoms with Gasteiger partial charge in [-0.1, -0.05) is 6.92 Å². The van der Waals surface area contributed by atoms with E-state index in [4.69, 9.17) is 0 Å². The van der Waals surface area contributed by atoms with Gasteiger partial charge in [0.05, 0.1) is 0 Å². The summed E-state index contributed by atoms with van der Waals surface area (Å²) in [6, 6.07) is 0.483. The molecule has 1 aromatic heterocycles. The van der Waals surface area contributed by atoms with Gasteiger partial charge in [-0.25, -0.2) is 9.97 Å². The van der Waals surface area contributed by atoms with Crippen molar-refractivity contribution in [1.29, 1.82) is 0 Å². The van der Waals surface area contributed by atoms with E-state index in [9.17, 15) is 4.79 Å². The van der Waals surface area contributed by atoms with E-state index >= 15 is 0 Å². The van der Waals surface area contributed by atoms with Gasteiger partial charge in [-0.3, -0.25) is 9.69 Å². The Balaban J connectivity index is 1.38. The molecular weight excluding hydrogens is 314 g/mol. The zero-order valence-electron chi connectivity index (χ0n) is 15.2. The maximum absolute atomic E-state index is 12.2. The molecule has 4 rings (SSSR count). The molecule has 4 heterocycles. The van der Waals surface area contributed by atoms with Crippen molar-refractivity contribution in [1.82, 2.24) is 19.8 Å². The van der Waals surface area contributed by atoms with Crippen molar-refractivity contribution in [2.75, 3.05) is 31.5 Å². The van der Waals surface area contributed by atoms with Crippen LogP contribution in [0, 0.1) is 11.8 Å². The molecule has 3 atom stereocenters. The normalized spacial score (nSPS) is 29.4. The van der Waals surface area contributed by atoms with Crippen LogP contribution >= 0.6 is 0 Å². The molecule has 25 heavy (non-hydrogen) atoms. The second-order valence-corrected chi connectivity index (χ2v) is 7.90. The van der Waals surface area contributed by atoms with Crippen LogP contribution < -0.4 is 5.32 Å². The number of likely N-dealkylation sites (tertiary alicyclic amines) is 1.